The van der Waals surface area contributed by atoms with E-state index in [2.05, 4.69) is 15.2 Å². The van der Waals surface area contributed by atoms with E-state index >= 15 is 0 Å². The maximum atomic E-state index is 12.5. The van der Waals surface area contributed by atoms with E-state index in [4.69, 9.17) is 9.15 Å². The second-order valence-corrected chi connectivity index (χ2v) is 7.62. The van der Waals surface area contributed by atoms with E-state index in [-0.39, 0.29) is 11.9 Å². The molecule has 2 aromatic rings. The average Bonchev–Trinajstić information content (AvgIpc) is 3.21. The molecule has 2 bridgehead atoms. The summed E-state index contributed by atoms with van der Waals surface area (Å²) in [6.07, 6.45) is 3.91. The highest BCUT2D eigenvalue weighted by atomic mass is 32.2. The Morgan fingerprint density at radius 1 is 1.36 bits per heavy atom. The number of nitrogens with zero attached hydrogens (tertiary/aromatic N) is 2. The maximum Gasteiger partial charge on any atom is 0.305 e. The van der Waals surface area contributed by atoms with Crippen LogP contribution in [0.1, 0.15) is 23.2 Å². The molecule has 0 aliphatic carbocycles. The summed E-state index contributed by atoms with van der Waals surface area (Å²) in [7, 11) is 1.54. The lowest BCUT2D eigenvalue weighted by atomic mass is 9.96. The quantitative estimate of drug-likeness (QED) is 0.885. The van der Waals surface area contributed by atoms with E-state index in [1.807, 2.05) is 24.3 Å². The second-order valence-electron chi connectivity index (χ2n) is 6.60. The number of carbonyl (C=O) groups excluding carboxylic acids is 1. The van der Waals surface area contributed by atoms with Crippen molar-refractivity contribution in [3.8, 4) is 5.95 Å². The van der Waals surface area contributed by atoms with Gasteiger partial charge >= 0.3 is 5.95 Å². The van der Waals surface area contributed by atoms with Gasteiger partial charge in [0.2, 0.25) is 0 Å². The van der Waals surface area contributed by atoms with Gasteiger partial charge in [0.05, 0.1) is 7.11 Å². The fraction of sp³-hybridized carbons (Fsp3) is 0.444. The minimum atomic E-state index is 0.00171. The van der Waals surface area contributed by atoms with Gasteiger partial charge in [0, 0.05) is 29.6 Å². The smallest absolute Gasteiger partial charge is 0.305 e. The fourth-order valence-electron chi connectivity index (χ4n) is 3.59. The monoisotopic (exact) mass is 359 g/mol. The van der Waals surface area contributed by atoms with Crippen LogP contribution in [-0.2, 0) is 0 Å². The number of amides is 1. The molecule has 1 aromatic carbocycles. The highest BCUT2D eigenvalue weighted by Gasteiger charge is 2.32. The first-order valence-electron chi connectivity index (χ1n) is 8.50. The van der Waals surface area contributed by atoms with Crippen LogP contribution in [0.25, 0.3) is 0 Å². The lowest BCUT2D eigenvalue weighted by Crippen LogP contribution is -2.47. The molecule has 2 aliphatic heterocycles. The topological polar surface area (TPSA) is 67.6 Å². The summed E-state index contributed by atoms with van der Waals surface area (Å²) in [4.78, 5) is 20.0. The van der Waals surface area contributed by atoms with Crippen molar-refractivity contribution in [3.05, 3.63) is 36.0 Å². The molecule has 7 heteroatoms. The van der Waals surface area contributed by atoms with Gasteiger partial charge in [-0.1, -0.05) is 0 Å². The van der Waals surface area contributed by atoms with Gasteiger partial charge in [-0.25, -0.2) is 4.98 Å². The Bertz CT molecular complexity index is 734. The molecule has 1 aromatic heterocycles. The molecule has 2 saturated heterocycles. The lowest BCUT2D eigenvalue weighted by Gasteiger charge is -2.30. The number of ether oxygens (including phenoxy) is 1. The molecule has 0 radical (unpaired) electrons. The Kier molecular flexibility index (Phi) is 4.67. The number of piperidine rings is 1. The van der Waals surface area contributed by atoms with E-state index in [1.54, 1.807) is 0 Å². The number of carbonyl (C=O) groups is 1. The summed E-state index contributed by atoms with van der Waals surface area (Å²) in [5.41, 5.74) is 0.683. The average molecular weight is 359 g/mol. The largest absolute Gasteiger partial charge is 0.467 e. The highest BCUT2D eigenvalue weighted by Crippen LogP contribution is 2.30. The molecule has 25 heavy (non-hydrogen) atoms. The highest BCUT2D eigenvalue weighted by molar-refractivity contribution is 7.99. The van der Waals surface area contributed by atoms with Gasteiger partial charge < -0.3 is 19.4 Å². The number of hydrogen-bond acceptors (Lipinski definition) is 6. The van der Waals surface area contributed by atoms with Crippen molar-refractivity contribution >= 4 is 17.7 Å². The molecule has 2 fully saturated rings. The van der Waals surface area contributed by atoms with Gasteiger partial charge in [0.15, 0.2) is 0 Å². The third kappa shape index (κ3) is 3.82. The molecule has 1 amide bonds. The van der Waals surface area contributed by atoms with Crippen LogP contribution in [-0.4, -0.2) is 48.6 Å². The molecule has 6 nitrogen and oxygen atoms in total. The Balaban J connectivity index is 1.35. The standard InChI is InChI=1S/C18H21N3O3S/c1-23-16-9-19-18(24-16)25-15-4-2-13(3-5-15)17(22)20-14-8-12-6-7-21(10-12)11-14/h2-5,9,12,14H,6-8,10-11H2,1H3,(H,20,22)/t12-,14-/m1/s1. The number of rotatable bonds is 5. The van der Waals surface area contributed by atoms with Gasteiger partial charge in [0.1, 0.15) is 6.20 Å². The first-order chi connectivity index (χ1) is 12.2. The van der Waals surface area contributed by atoms with E-state index in [0.717, 1.165) is 23.8 Å². The van der Waals surface area contributed by atoms with Crippen molar-refractivity contribution in [1.29, 1.82) is 0 Å². The fourth-order valence-corrected chi connectivity index (χ4v) is 4.30. The normalized spacial score (nSPS) is 24.9. The number of fused-ring (bicyclic) bond motifs is 2. The van der Waals surface area contributed by atoms with E-state index in [0.29, 0.717) is 16.7 Å². The predicted molar refractivity (Wildman–Crippen MR) is 94.0 cm³/mol. The molecule has 3 heterocycles. The summed E-state index contributed by atoms with van der Waals surface area (Å²) in [5.74, 6) is 1.13. The second kappa shape index (κ2) is 7.09. The zero-order valence-electron chi connectivity index (χ0n) is 14.1. The number of oxazole rings is 1. The molecule has 0 spiro atoms. The SMILES string of the molecule is COc1cnc(Sc2ccc(C(=O)N[C@@H]3C[C@H]4CCN(C4)C3)cc2)o1. The summed E-state index contributed by atoms with van der Waals surface area (Å²) >= 11 is 1.39. The summed E-state index contributed by atoms with van der Waals surface area (Å²) in [6.45, 7) is 3.35. The number of methoxy groups -OCH3 is 1. The number of aromatic nitrogens is 1. The number of nitrogens with one attached hydrogen (secondary N) is 1. The van der Waals surface area contributed by atoms with Crippen LogP contribution in [0.15, 0.2) is 45.0 Å². The molecule has 4 rings (SSSR count). The Morgan fingerprint density at radius 2 is 2.20 bits per heavy atom. The molecule has 2 aliphatic rings. The third-order valence-electron chi connectivity index (χ3n) is 4.79. The van der Waals surface area contributed by atoms with Crippen LogP contribution in [0.2, 0.25) is 0 Å². The van der Waals surface area contributed by atoms with Gasteiger partial charge in [-0.2, -0.15) is 0 Å². The molecule has 3 atom stereocenters. The van der Waals surface area contributed by atoms with Crippen LogP contribution in [0.4, 0.5) is 0 Å². The van der Waals surface area contributed by atoms with Crippen LogP contribution >= 0.6 is 11.8 Å². The zero-order valence-corrected chi connectivity index (χ0v) is 14.9. The third-order valence-corrected chi connectivity index (χ3v) is 5.66. The molecule has 1 unspecified atom stereocenters. The van der Waals surface area contributed by atoms with Crippen molar-refractivity contribution in [1.82, 2.24) is 15.2 Å². The summed E-state index contributed by atoms with van der Waals surface area (Å²) < 4.78 is 10.4. The molecule has 1 N–H and O–H groups in total. The van der Waals surface area contributed by atoms with Crippen LogP contribution < -0.4 is 10.1 Å². The van der Waals surface area contributed by atoms with Gasteiger partial charge in [-0.05, 0) is 61.3 Å². The van der Waals surface area contributed by atoms with Gasteiger partial charge in [-0.15, -0.1) is 0 Å². The Hall–Kier alpha value is -1.99. The van der Waals surface area contributed by atoms with Crippen molar-refractivity contribution in [2.75, 3.05) is 26.7 Å². The summed E-state index contributed by atoms with van der Waals surface area (Å²) in [5, 5.41) is 3.70. The number of benzene rings is 1. The Labute approximate surface area is 150 Å². The van der Waals surface area contributed by atoms with E-state index in [9.17, 15) is 4.79 Å². The zero-order chi connectivity index (χ0) is 17.2. The molecule has 132 valence electrons. The van der Waals surface area contributed by atoms with Gasteiger partial charge in [-0.3, -0.25) is 4.79 Å². The van der Waals surface area contributed by atoms with Crippen molar-refractivity contribution < 1.29 is 13.9 Å². The van der Waals surface area contributed by atoms with Crippen molar-refractivity contribution in [3.63, 3.8) is 0 Å². The minimum absolute atomic E-state index is 0.00171. The van der Waals surface area contributed by atoms with Crippen LogP contribution in [0.5, 0.6) is 5.95 Å². The van der Waals surface area contributed by atoms with Crippen molar-refractivity contribution in [2.45, 2.75) is 29.0 Å². The van der Waals surface area contributed by atoms with E-state index < -0.39 is 0 Å². The van der Waals surface area contributed by atoms with Crippen LogP contribution in [0.3, 0.4) is 0 Å². The summed E-state index contributed by atoms with van der Waals surface area (Å²) in [6, 6.07) is 7.77. The Morgan fingerprint density at radius 3 is 2.92 bits per heavy atom. The molecular formula is C18H21N3O3S. The van der Waals surface area contributed by atoms with Crippen molar-refractivity contribution in [2.24, 2.45) is 5.92 Å². The number of hydrogen-bond donors (Lipinski definition) is 1. The first kappa shape index (κ1) is 16.5. The van der Waals surface area contributed by atoms with Gasteiger partial charge in [0.25, 0.3) is 11.1 Å². The maximum absolute atomic E-state index is 12.5. The van der Waals surface area contributed by atoms with Crippen LogP contribution in [0, 0.1) is 5.92 Å². The molecular weight excluding hydrogens is 338 g/mol. The molecule has 0 saturated carbocycles. The predicted octanol–water partition coefficient (Wildman–Crippen LogP) is 2.66. The first-order valence-corrected chi connectivity index (χ1v) is 9.32. The lowest BCUT2D eigenvalue weighted by molar-refractivity contribution is 0.0909. The minimum Gasteiger partial charge on any atom is -0.467 e. The van der Waals surface area contributed by atoms with E-state index in [1.165, 1.54) is 44.6 Å².